The van der Waals surface area contributed by atoms with Gasteiger partial charge in [0.2, 0.25) is 0 Å². The van der Waals surface area contributed by atoms with E-state index in [9.17, 15) is 0 Å². The third-order valence-electron chi connectivity index (χ3n) is 2.49. The molecule has 2 aromatic carbocycles. The quantitative estimate of drug-likeness (QED) is 0.377. The smallest absolute Gasteiger partial charge is 1.00 e. The third-order valence-corrected chi connectivity index (χ3v) is 5.26. The zero-order valence-corrected chi connectivity index (χ0v) is 14.4. The normalized spacial score (nSPS) is 9.71. The molecule has 0 radical (unpaired) electrons. The first-order valence-corrected chi connectivity index (χ1v) is 6.95. The molecule has 0 aromatic heterocycles. The van der Waals surface area contributed by atoms with Gasteiger partial charge in [-0.1, -0.05) is 42.1 Å². The van der Waals surface area contributed by atoms with Crippen molar-refractivity contribution < 1.29 is 58.9 Å². The van der Waals surface area contributed by atoms with Gasteiger partial charge in [0, 0.05) is 8.80 Å². The first-order chi connectivity index (χ1) is 6.38. The maximum atomic E-state index is 2.38. The fourth-order valence-corrected chi connectivity index (χ4v) is 3.60. The Hall–Kier alpha value is 0.371. The Bertz CT molecular complexity index is 365. The Kier molecular flexibility index (Phi) is 15.2. The molecule has 0 heterocycles. The van der Waals surface area contributed by atoms with Crippen molar-refractivity contribution in [2.24, 2.45) is 0 Å². The summed E-state index contributed by atoms with van der Waals surface area (Å²) in [6.07, 6.45) is 0. The topological polar surface area (TPSA) is 0 Å². The fraction of sp³-hybridized carbons (Fsp3) is 0.0833. The summed E-state index contributed by atoms with van der Waals surface area (Å²) in [5, 5.41) is 3.06. The molecular formula is C12H13Cl3SiTi. The number of rotatable bonds is 2. The minimum Gasteiger partial charge on any atom is -1.00 e. The van der Waals surface area contributed by atoms with Gasteiger partial charge in [-0.2, -0.15) is 17.3 Å². The molecule has 1 atom stereocenters. The monoisotopic (exact) mass is 338 g/mol. The van der Waals surface area contributed by atoms with Crippen molar-refractivity contribution in [3.8, 4) is 0 Å². The Balaban J connectivity index is -0.000000490. The van der Waals surface area contributed by atoms with Crippen molar-refractivity contribution in [3.05, 3.63) is 54.6 Å². The Labute approximate surface area is 138 Å². The predicted molar refractivity (Wildman–Crippen MR) is 60.8 cm³/mol. The average Bonchev–Trinajstić information content (AvgIpc) is 2.71. The Morgan fingerprint density at radius 3 is 1.76 bits per heavy atom. The van der Waals surface area contributed by atoms with Crippen LogP contribution in [0.1, 0.15) is 0 Å². The van der Waals surface area contributed by atoms with E-state index in [0.717, 1.165) is 0 Å². The average molecular weight is 340 g/mol. The molecule has 5 heteroatoms. The van der Waals surface area contributed by atoms with E-state index in [2.05, 4.69) is 61.1 Å². The van der Waals surface area contributed by atoms with Gasteiger partial charge in [0.25, 0.3) is 0 Å². The molecule has 1 unspecified atom stereocenters. The van der Waals surface area contributed by atoms with Crippen molar-refractivity contribution in [1.82, 2.24) is 0 Å². The van der Waals surface area contributed by atoms with E-state index in [1.165, 1.54) is 10.4 Å². The summed E-state index contributed by atoms with van der Waals surface area (Å²) in [5.74, 6) is 0. The molecule has 0 nitrogen and oxygen atoms in total. The van der Waals surface area contributed by atoms with Crippen molar-refractivity contribution in [2.75, 3.05) is 0 Å². The molecule has 17 heavy (non-hydrogen) atoms. The van der Waals surface area contributed by atoms with Gasteiger partial charge in [-0.15, -0.1) is 0 Å². The van der Waals surface area contributed by atoms with Crippen LogP contribution < -0.4 is 47.6 Å². The molecule has 0 spiro atoms. The SMILES string of the molecule is C[SiH](c1ccccc1)[c-]1cccc1.[Cl-].[Cl-].[Cl-].[Ti+4]. The van der Waals surface area contributed by atoms with Crippen molar-refractivity contribution >= 4 is 19.2 Å². The summed E-state index contributed by atoms with van der Waals surface area (Å²) in [4.78, 5) is 0. The number of halogens is 3. The summed E-state index contributed by atoms with van der Waals surface area (Å²) in [6.45, 7) is 2.38. The van der Waals surface area contributed by atoms with Crippen LogP contribution in [0.4, 0.5) is 0 Å². The summed E-state index contributed by atoms with van der Waals surface area (Å²) in [5.41, 5.74) is 0. The van der Waals surface area contributed by atoms with Crippen LogP contribution in [0.2, 0.25) is 6.55 Å². The molecule has 0 aliphatic carbocycles. The van der Waals surface area contributed by atoms with Crippen LogP contribution >= 0.6 is 0 Å². The molecule has 0 saturated heterocycles. The molecule has 0 saturated carbocycles. The second kappa shape index (κ2) is 11.5. The van der Waals surface area contributed by atoms with Crippen molar-refractivity contribution in [2.45, 2.75) is 6.55 Å². The molecule has 0 aliphatic rings. The van der Waals surface area contributed by atoms with Crippen LogP contribution in [0, 0.1) is 0 Å². The van der Waals surface area contributed by atoms with Crippen LogP contribution in [-0.2, 0) is 21.7 Å². The molecule has 0 aliphatic heterocycles. The standard InChI is InChI=1S/C12H13Si.3ClH.Ti/c1-13(12-9-5-6-10-12)11-7-3-2-4-8-11;;;;/h2-10,13H,1H3;3*1H;/q-1;;;;+4/p-3. The van der Waals surface area contributed by atoms with Gasteiger partial charge in [-0.25, -0.2) is 12.1 Å². The van der Waals surface area contributed by atoms with E-state index in [-0.39, 0.29) is 58.9 Å². The van der Waals surface area contributed by atoms with Gasteiger partial charge in [-0.3, -0.25) is 0 Å². The zero-order valence-electron chi connectivity index (χ0n) is 9.41. The van der Waals surface area contributed by atoms with Crippen LogP contribution in [0.25, 0.3) is 0 Å². The first-order valence-electron chi connectivity index (χ1n) is 4.64. The van der Waals surface area contributed by atoms with Crippen LogP contribution in [-0.4, -0.2) is 8.80 Å². The summed E-state index contributed by atoms with van der Waals surface area (Å²) >= 11 is 0. The summed E-state index contributed by atoms with van der Waals surface area (Å²) in [6, 6.07) is 19.5. The Morgan fingerprint density at radius 1 is 0.824 bits per heavy atom. The predicted octanol–water partition coefficient (Wildman–Crippen LogP) is -7.61. The van der Waals surface area contributed by atoms with Gasteiger partial charge in [0.05, 0.1) is 0 Å². The minimum atomic E-state index is -0.870. The van der Waals surface area contributed by atoms with Crippen LogP contribution in [0.3, 0.4) is 0 Å². The van der Waals surface area contributed by atoms with Gasteiger partial charge in [0.15, 0.2) is 0 Å². The van der Waals surface area contributed by atoms with E-state index >= 15 is 0 Å². The maximum Gasteiger partial charge on any atom is 4.00 e. The third kappa shape index (κ3) is 6.19. The molecule has 0 bridgehead atoms. The van der Waals surface area contributed by atoms with E-state index < -0.39 is 8.80 Å². The molecule has 0 fully saturated rings. The molecule has 0 amide bonds. The van der Waals surface area contributed by atoms with Gasteiger partial charge in [-0.05, 0) is 0 Å². The van der Waals surface area contributed by atoms with Gasteiger partial charge in [0.1, 0.15) is 0 Å². The van der Waals surface area contributed by atoms with E-state index in [1.807, 2.05) is 0 Å². The van der Waals surface area contributed by atoms with Crippen LogP contribution in [0.5, 0.6) is 0 Å². The fourth-order valence-electron chi connectivity index (χ4n) is 1.61. The largest absolute Gasteiger partial charge is 4.00 e. The van der Waals surface area contributed by atoms with Crippen molar-refractivity contribution in [3.63, 3.8) is 0 Å². The van der Waals surface area contributed by atoms with Crippen molar-refractivity contribution in [1.29, 1.82) is 0 Å². The van der Waals surface area contributed by atoms with E-state index in [1.54, 1.807) is 0 Å². The number of hydrogen-bond acceptors (Lipinski definition) is 0. The van der Waals surface area contributed by atoms with Gasteiger partial charge >= 0.3 is 21.7 Å². The first kappa shape index (κ1) is 22.5. The second-order valence-electron chi connectivity index (χ2n) is 3.35. The second-order valence-corrected chi connectivity index (χ2v) is 6.13. The molecule has 90 valence electrons. The number of benzene rings is 1. The van der Waals surface area contributed by atoms with E-state index in [0.29, 0.717) is 0 Å². The molecule has 2 aromatic rings. The Morgan fingerprint density at radius 2 is 1.29 bits per heavy atom. The van der Waals surface area contributed by atoms with Crippen LogP contribution in [0.15, 0.2) is 54.6 Å². The van der Waals surface area contributed by atoms with Gasteiger partial charge < -0.3 is 37.2 Å². The van der Waals surface area contributed by atoms with E-state index in [4.69, 9.17) is 0 Å². The molecule has 0 N–H and O–H groups in total. The summed E-state index contributed by atoms with van der Waals surface area (Å²) in [7, 11) is -0.870. The maximum absolute atomic E-state index is 2.38. The molecule has 2 rings (SSSR count). The molecular weight excluding hydrogens is 326 g/mol. The number of hydrogen-bond donors (Lipinski definition) is 0. The zero-order chi connectivity index (χ0) is 9.10. The minimum absolute atomic E-state index is 0. The summed E-state index contributed by atoms with van der Waals surface area (Å²) < 4.78 is 0.